The fraction of sp³-hybridized carbons (Fsp3) is 0.267. The van der Waals surface area contributed by atoms with Gasteiger partial charge < -0.3 is 9.67 Å². The van der Waals surface area contributed by atoms with E-state index in [9.17, 15) is 5.11 Å². The summed E-state index contributed by atoms with van der Waals surface area (Å²) in [5.74, 6) is 0. The first-order valence-electron chi connectivity index (χ1n) is 6.20. The smallest absolute Gasteiger partial charge is 0.0682 e. The van der Waals surface area contributed by atoms with Gasteiger partial charge in [0.05, 0.1) is 18.3 Å². The van der Waals surface area contributed by atoms with E-state index in [-0.39, 0.29) is 6.61 Å². The predicted octanol–water partition coefficient (Wildman–Crippen LogP) is 3.26. The molecule has 0 aliphatic heterocycles. The molecular weight excluding hydrogens is 224 g/mol. The van der Waals surface area contributed by atoms with Crippen LogP contribution in [0.4, 0.5) is 0 Å². The molecule has 1 N–H and O–H groups in total. The standard InChI is InChI=1S/C15H16N2O/c1-10(2)17-14-4-3-11(9-18)7-13(14)12-5-6-16-8-15(12)17/h3-8,10,18H,9H2,1-2H3. The van der Waals surface area contributed by atoms with Crippen molar-refractivity contribution >= 4 is 21.8 Å². The molecular formula is C15H16N2O. The molecule has 92 valence electrons. The number of fused-ring (bicyclic) bond motifs is 3. The van der Waals surface area contributed by atoms with Gasteiger partial charge in [-0.2, -0.15) is 0 Å². The van der Waals surface area contributed by atoms with Crippen LogP contribution in [0.15, 0.2) is 36.7 Å². The number of aliphatic hydroxyl groups excluding tert-OH is 1. The third-order valence-corrected chi connectivity index (χ3v) is 3.37. The fourth-order valence-electron chi connectivity index (χ4n) is 2.60. The third-order valence-electron chi connectivity index (χ3n) is 3.37. The van der Waals surface area contributed by atoms with Crippen LogP contribution in [0.1, 0.15) is 25.5 Å². The topological polar surface area (TPSA) is 38.0 Å². The van der Waals surface area contributed by atoms with Crippen LogP contribution in [0, 0.1) is 0 Å². The van der Waals surface area contributed by atoms with Crippen LogP contribution in [0.2, 0.25) is 0 Å². The quantitative estimate of drug-likeness (QED) is 0.746. The maximum atomic E-state index is 9.27. The lowest BCUT2D eigenvalue weighted by Gasteiger charge is -2.11. The van der Waals surface area contributed by atoms with Crippen molar-refractivity contribution in [2.24, 2.45) is 0 Å². The molecule has 3 nitrogen and oxygen atoms in total. The molecule has 0 bridgehead atoms. The minimum Gasteiger partial charge on any atom is -0.392 e. The van der Waals surface area contributed by atoms with Crippen molar-refractivity contribution < 1.29 is 5.11 Å². The SMILES string of the molecule is CC(C)n1c2ccc(CO)cc2c2ccncc21. The Bertz CT molecular complexity index is 713. The lowest BCUT2D eigenvalue weighted by molar-refractivity contribution is 0.282. The Morgan fingerprint density at radius 2 is 2.00 bits per heavy atom. The van der Waals surface area contributed by atoms with E-state index in [2.05, 4.69) is 35.5 Å². The fourth-order valence-corrected chi connectivity index (χ4v) is 2.60. The predicted molar refractivity (Wildman–Crippen MR) is 73.5 cm³/mol. The molecule has 3 rings (SSSR count). The number of hydrogen-bond acceptors (Lipinski definition) is 2. The monoisotopic (exact) mass is 240 g/mol. The summed E-state index contributed by atoms with van der Waals surface area (Å²) >= 11 is 0. The van der Waals surface area contributed by atoms with Crippen LogP contribution < -0.4 is 0 Å². The summed E-state index contributed by atoms with van der Waals surface area (Å²) in [7, 11) is 0. The molecule has 0 fully saturated rings. The molecule has 0 aliphatic carbocycles. The Labute approximate surface area is 106 Å². The van der Waals surface area contributed by atoms with Gasteiger partial charge in [0.2, 0.25) is 0 Å². The zero-order valence-corrected chi connectivity index (χ0v) is 10.6. The van der Waals surface area contributed by atoms with E-state index in [1.807, 2.05) is 24.5 Å². The van der Waals surface area contributed by atoms with Crippen molar-refractivity contribution in [3.8, 4) is 0 Å². The number of hydrogen-bond donors (Lipinski definition) is 1. The summed E-state index contributed by atoms with van der Waals surface area (Å²) < 4.78 is 2.29. The van der Waals surface area contributed by atoms with E-state index in [4.69, 9.17) is 0 Å². The van der Waals surface area contributed by atoms with Gasteiger partial charge >= 0.3 is 0 Å². The second kappa shape index (κ2) is 4.10. The van der Waals surface area contributed by atoms with Crippen molar-refractivity contribution in [1.82, 2.24) is 9.55 Å². The second-order valence-electron chi connectivity index (χ2n) is 4.87. The maximum Gasteiger partial charge on any atom is 0.0682 e. The first-order chi connectivity index (χ1) is 8.72. The number of rotatable bonds is 2. The van der Waals surface area contributed by atoms with Gasteiger partial charge in [0.1, 0.15) is 0 Å². The minimum absolute atomic E-state index is 0.0787. The van der Waals surface area contributed by atoms with Gasteiger partial charge in [0, 0.05) is 28.5 Å². The van der Waals surface area contributed by atoms with E-state index < -0.39 is 0 Å². The second-order valence-corrected chi connectivity index (χ2v) is 4.87. The first kappa shape index (κ1) is 11.2. The highest BCUT2D eigenvalue weighted by molar-refractivity contribution is 6.08. The molecule has 2 aromatic heterocycles. The highest BCUT2D eigenvalue weighted by Gasteiger charge is 2.12. The third kappa shape index (κ3) is 1.51. The van der Waals surface area contributed by atoms with Gasteiger partial charge in [-0.05, 0) is 37.6 Å². The normalized spacial score (nSPS) is 11.8. The Morgan fingerprint density at radius 3 is 2.72 bits per heavy atom. The number of pyridine rings is 1. The summed E-state index contributed by atoms with van der Waals surface area (Å²) in [6.07, 6.45) is 3.73. The zero-order valence-electron chi connectivity index (χ0n) is 10.6. The van der Waals surface area contributed by atoms with E-state index in [1.165, 1.54) is 16.3 Å². The van der Waals surface area contributed by atoms with E-state index in [0.29, 0.717) is 6.04 Å². The van der Waals surface area contributed by atoms with E-state index in [0.717, 1.165) is 11.1 Å². The van der Waals surface area contributed by atoms with Crippen molar-refractivity contribution in [1.29, 1.82) is 0 Å². The van der Waals surface area contributed by atoms with Gasteiger partial charge in [-0.1, -0.05) is 6.07 Å². The molecule has 0 atom stereocenters. The molecule has 0 unspecified atom stereocenters. The highest BCUT2D eigenvalue weighted by atomic mass is 16.3. The van der Waals surface area contributed by atoms with Gasteiger partial charge in [0.15, 0.2) is 0 Å². The Morgan fingerprint density at radius 1 is 1.17 bits per heavy atom. The van der Waals surface area contributed by atoms with Gasteiger partial charge in [-0.15, -0.1) is 0 Å². The zero-order chi connectivity index (χ0) is 12.7. The summed E-state index contributed by atoms with van der Waals surface area (Å²) in [4.78, 5) is 4.22. The van der Waals surface area contributed by atoms with Crippen molar-refractivity contribution in [3.05, 3.63) is 42.2 Å². The van der Waals surface area contributed by atoms with Gasteiger partial charge in [-0.3, -0.25) is 4.98 Å². The molecule has 3 aromatic rings. The Hall–Kier alpha value is -1.87. The molecule has 0 aliphatic rings. The number of aliphatic hydroxyl groups is 1. The average Bonchev–Trinajstić information content (AvgIpc) is 2.72. The number of aromatic nitrogens is 2. The largest absolute Gasteiger partial charge is 0.392 e. The van der Waals surface area contributed by atoms with E-state index in [1.54, 1.807) is 0 Å². The summed E-state index contributed by atoms with van der Waals surface area (Å²) in [6, 6.07) is 8.55. The summed E-state index contributed by atoms with van der Waals surface area (Å²) in [6.45, 7) is 4.42. The summed E-state index contributed by atoms with van der Waals surface area (Å²) in [5.41, 5.74) is 3.30. The van der Waals surface area contributed by atoms with Crippen LogP contribution in [0.25, 0.3) is 21.8 Å². The Kier molecular flexibility index (Phi) is 2.56. The van der Waals surface area contributed by atoms with E-state index >= 15 is 0 Å². The Balaban J connectivity index is 2.49. The van der Waals surface area contributed by atoms with Crippen LogP contribution in [0.5, 0.6) is 0 Å². The first-order valence-corrected chi connectivity index (χ1v) is 6.20. The molecule has 0 radical (unpaired) electrons. The van der Waals surface area contributed by atoms with Crippen LogP contribution in [-0.4, -0.2) is 14.7 Å². The molecule has 2 heterocycles. The molecule has 0 amide bonds. The minimum atomic E-state index is 0.0787. The average molecular weight is 240 g/mol. The van der Waals surface area contributed by atoms with Crippen LogP contribution in [-0.2, 0) is 6.61 Å². The van der Waals surface area contributed by atoms with Gasteiger partial charge in [-0.25, -0.2) is 0 Å². The molecule has 18 heavy (non-hydrogen) atoms. The highest BCUT2D eigenvalue weighted by Crippen LogP contribution is 2.31. The maximum absolute atomic E-state index is 9.27. The lowest BCUT2D eigenvalue weighted by Crippen LogP contribution is -1.99. The lowest BCUT2D eigenvalue weighted by atomic mass is 10.1. The molecule has 0 saturated carbocycles. The van der Waals surface area contributed by atoms with Gasteiger partial charge in [0.25, 0.3) is 0 Å². The molecule has 0 saturated heterocycles. The van der Waals surface area contributed by atoms with Crippen LogP contribution in [0.3, 0.4) is 0 Å². The molecule has 0 spiro atoms. The summed E-state index contributed by atoms with van der Waals surface area (Å²) in [5, 5.41) is 11.7. The van der Waals surface area contributed by atoms with Crippen LogP contribution >= 0.6 is 0 Å². The number of nitrogens with zero attached hydrogens (tertiary/aromatic N) is 2. The van der Waals surface area contributed by atoms with Crippen molar-refractivity contribution in [2.75, 3.05) is 0 Å². The van der Waals surface area contributed by atoms with Crippen molar-refractivity contribution in [3.63, 3.8) is 0 Å². The molecule has 1 aromatic carbocycles. The van der Waals surface area contributed by atoms with Crippen molar-refractivity contribution in [2.45, 2.75) is 26.5 Å². The number of benzene rings is 1. The molecule has 3 heteroatoms.